The lowest BCUT2D eigenvalue weighted by atomic mass is 10.1. The number of nitrogens with one attached hydrogen (secondary N) is 3. The van der Waals surface area contributed by atoms with Gasteiger partial charge in [-0.3, -0.25) is 35.1 Å². The Balaban J connectivity index is 1.66. The summed E-state index contributed by atoms with van der Waals surface area (Å²) in [5.41, 5.74) is 0.135. The Morgan fingerprint density at radius 1 is 0.829 bits per heavy atom. The summed E-state index contributed by atoms with van der Waals surface area (Å²) >= 11 is 5.14. The van der Waals surface area contributed by atoms with Crippen molar-refractivity contribution in [2.75, 3.05) is 11.9 Å². The summed E-state index contributed by atoms with van der Waals surface area (Å²) in [7, 11) is 0. The number of nitrogens with zero attached hydrogens (tertiary/aromatic N) is 2. The molecule has 3 aromatic carbocycles. The van der Waals surface area contributed by atoms with Crippen LogP contribution in [0.25, 0.3) is 0 Å². The highest BCUT2D eigenvalue weighted by molar-refractivity contribution is 7.80. The van der Waals surface area contributed by atoms with Gasteiger partial charge in [0, 0.05) is 18.7 Å². The number of nitro groups is 2. The minimum absolute atomic E-state index is 0.200. The number of carbonyl (C=O) groups is 2. The van der Waals surface area contributed by atoms with E-state index in [1.54, 1.807) is 24.3 Å². The largest absolute Gasteiger partial charge is 0.352 e. The van der Waals surface area contributed by atoms with E-state index in [0.717, 1.165) is 23.8 Å². The maximum Gasteiger partial charge on any atom is 0.277 e. The van der Waals surface area contributed by atoms with Crippen molar-refractivity contribution in [1.29, 1.82) is 0 Å². The molecule has 3 aromatic rings. The van der Waals surface area contributed by atoms with Crippen molar-refractivity contribution in [2.24, 2.45) is 0 Å². The van der Waals surface area contributed by atoms with Gasteiger partial charge in [-0.15, -0.1) is 0 Å². The lowest BCUT2D eigenvalue weighted by Gasteiger charge is -2.13. The molecule has 0 saturated carbocycles. The third-order valence-corrected chi connectivity index (χ3v) is 4.98. The molecule has 11 nitrogen and oxygen atoms in total. The van der Waals surface area contributed by atoms with Crippen LogP contribution in [0.5, 0.6) is 0 Å². The number of anilines is 1. The fourth-order valence-electron chi connectivity index (χ4n) is 3.12. The summed E-state index contributed by atoms with van der Waals surface area (Å²) in [6, 6.07) is 18.7. The summed E-state index contributed by atoms with van der Waals surface area (Å²) in [6.45, 7) is 0.407. The van der Waals surface area contributed by atoms with Gasteiger partial charge in [0.2, 0.25) is 0 Å². The highest BCUT2D eigenvalue weighted by Crippen LogP contribution is 2.23. The lowest BCUT2D eigenvalue weighted by Crippen LogP contribution is -2.35. The molecule has 3 rings (SSSR count). The zero-order chi connectivity index (χ0) is 25.4. The average Bonchev–Trinajstić information content (AvgIpc) is 2.84. The summed E-state index contributed by atoms with van der Waals surface area (Å²) in [5, 5.41) is 29.8. The average molecular weight is 494 g/mol. The summed E-state index contributed by atoms with van der Waals surface area (Å²) < 4.78 is 0. The standard InChI is InChI=1S/C23H19N5O6S/c29-21(16-12-17(27(31)32)14-18(13-16)28(33)34)26-23(35)25-20-9-5-4-8-19(20)22(30)24-11-10-15-6-2-1-3-7-15/h1-9,12-14H,10-11H2,(H,24,30)(H2,25,26,29,35). The minimum atomic E-state index is -0.890. The monoisotopic (exact) mass is 493 g/mol. The molecule has 178 valence electrons. The predicted octanol–water partition coefficient (Wildman–Crippen LogP) is 3.60. The summed E-state index contributed by atoms with van der Waals surface area (Å²) in [5.74, 6) is -1.24. The van der Waals surface area contributed by atoms with Crippen LogP contribution in [-0.4, -0.2) is 33.3 Å². The first-order valence-corrected chi connectivity index (χ1v) is 10.6. The second-order valence-corrected chi connectivity index (χ2v) is 7.61. The van der Waals surface area contributed by atoms with Gasteiger partial charge >= 0.3 is 0 Å². The Labute approximate surface area is 204 Å². The molecule has 3 N–H and O–H groups in total. The molecule has 0 fully saturated rings. The van der Waals surface area contributed by atoms with Gasteiger partial charge in [0.1, 0.15) is 0 Å². The number of non-ortho nitro benzene ring substituents is 2. The van der Waals surface area contributed by atoms with E-state index in [1.807, 2.05) is 30.3 Å². The summed E-state index contributed by atoms with van der Waals surface area (Å²) in [6.07, 6.45) is 0.645. The van der Waals surface area contributed by atoms with Crippen LogP contribution in [0.4, 0.5) is 17.1 Å². The molecule has 0 aliphatic carbocycles. The van der Waals surface area contributed by atoms with Crippen molar-refractivity contribution < 1.29 is 19.4 Å². The topological polar surface area (TPSA) is 157 Å². The van der Waals surface area contributed by atoms with E-state index in [0.29, 0.717) is 18.7 Å². The first-order chi connectivity index (χ1) is 16.7. The number of rotatable bonds is 8. The quantitative estimate of drug-likeness (QED) is 0.244. The van der Waals surface area contributed by atoms with E-state index in [9.17, 15) is 29.8 Å². The van der Waals surface area contributed by atoms with Crippen LogP contribution in [0, 0.1) is 20.2 Å². The van der Waals surface area contributed by atoms with Gasteiger partial charge in [-0.2, -0.15) is 0 Å². The van der Waals surface area contributed by atoms with Crippen LogP contribution in [-0.2, 0) is 6.42 Å². The van der Waals surface area contributed by atoms with Crippen LogP contribution in [0.2, 0.25) is 0 Å². The molecule has 12 heteroatoms. The minimum Gasteiger partial charge on any atom is -0.352 e. The van der Waals surface area contributed by atoms with Crippen molar-refractivity contribution >= 4 is 46.2 Å². The van der Waals surface area contributed by atoms with Crippen LogP contribution in [0.3, 0.4) is 0 Å². The molecule has 0 bridgehead atoms. The maximum absolute atomic E-state index is 12.7. The number of hydrogen-bond donors (Lipinski definition) is 3. The second kappa shape index (κ2) is 11.4. The van der Waals surface area contributed by atoms with Crippen molar-refractivity contribution in [3.63, 3.8) is 0 Å². The molecule has 0 radical (unpaired) electrons. The molecule has 0 saturated heterocycles. The third kappa shape index (κ3) is 6.88. The Kier molecular flexibility index (Phi) is 8.14. The van der Waals surface area contributed by atoms with Crippen LogP contribution >= 0.6 is 12.2 Å². The Morgan fingerprint density at radius 2 is 1.43 bits per heavy atom. The van der Waals surface area contributed by atoms with E-state index >= 15 is 0 Å². The normalized spacial score (nSPS) is 10.2. The fraction of sp³-hybridized carbons (Fsp3) is 0.0870. The zero-order valence-electron chi connectivity index (χ0n) is 18.1. The Hall–Kier alpha value is -4.71. The molecule has 0 aliphatic rings. The maximum atomic E-state index is 12.7. The molecular formula is C23H19N5O6S. The molecule has 0 aliphatic heterocycles. The molecule has 0 atom stereocenters. The highest BCUT2D eigenvalue weighted by Gasteiger charge is 2.21. The van der Waals surface area contributed by atoms with E-state index in [1.165, 1.54) is 0 Å². The lowest BCUT2D eigenvalue weighted by molar-refractivity contribution is -0.394. The van der Waals surface area contributed by atoms with Crippen LogP contribution in [0.1, 0.15) is 26.3 Å². The molecule has 0 aromatic heterocycles. The molecule has 0 unspecified atom stereocenters. The number of carbonyl (C=O) groups excluding carboxylic acids is 2. The third-order valence-electron chi connectivity index (χ3n) is 4.78. The number of benzene rings is 3. The zero-order valence-corrected chi connectivity index (χ0v) is 18.9. The van der Waals surface area contributed by atoms with Gasteiger partial charge in [-0.25, -0.2) is 0 Å². The summed E-state index contributed by atoms with van der Waals surface area (Å²) in [4.78, 5) is 45.6. The predicted molar refractivity (Wildman–Crippen MR) is 132 cm³/mol. The number of thiocarbonyl (C=S) groups is 1. The van der Waals surface area contributed by atoms with Crippen molar-refractivity contribution in [1.82, 2.24) is 10.6 Å². The van der Waals surface area contributed by atoms with Gasteiger partial charge in [0.05, 0.1) is 32.7 Å². The van der Waals surface area contributed by atoms with E-state index < -0.39 is 27.1 Å². The van der Waals surface area contributed by atoms with Crippen LogP contribution < -0.4 is 16.0 Å². The number of nitro benzene ring substituents is 2. The first kappa shape index (κ1) is 24.9. The van der Waals surface area contributed by atoms with Gasteiger partial charge in [0.25, 0.3) is 23.2 Å². The molecule has 0 spiro atoms. The van der Waals surface area contributed by atoms with E-state index in [-0.39, 0.29) is 22.1 Å². The van der Waals surface area contributed by atoms with Gasteiger partial charge in [-0.05, 0) is 36.3 Å². The Bertz CT molecular complexity index is 1270. The van der Waals surface area contributed by atoms with Crippen LogP contribution in [0.15, 0.2) is 72.8 Å². The van der Waals surface area contributed by atoms with Gasteiger partial charge in [-0.1, -0.05) is 42.5 Å². The second-order valence-electron chi connectivity index (χ2n) is 7.20. The first-order valence-electron chi connectivity index (χ1n) is 10.2. The molecule has 2 amide bonds. The fourth-order valence-corrected chi connectivity index (χ4v) is 3.32. The number of hydrogen-bond acceptors (Lipinski definition) is 7. The smallest absolute Gasteiger partial charge is 0.277 e. The Morgan fingerprint density at radius 3 is 2.06 bits per heavy atom. The highest BCUT2D eigenvalue weighted by atomic mass is 32.1. The van der Waals surface area contributed by atoms with Crippen molar-refractivity contribution in [2.45, 2.75) is 6.42 Å². The number of para-hydroxylation sites is 1. The van der Waals surface area contributed by atoms with Gasteiger partial charge < -0.3 is 10.6 Å². The van der Waals surface area contributed by atoms with E-state index in [2.05, 4.69) is 16.0 Å². The van der Waals surface area contributed by atoms with E-state index in [4.69, 9.17) is 12.2 Å². The van der Waals surface area contributed by atoms with Crippen molar-refractivity contribution in [3.8, 4) is 0 Å². The molecule has 0 heterocycles. The molecule has 35 heavy (non-hydrogen) atoms. The SMILES string of the molecule is O=C(NC(=S)Nc1ccccc1C(=O)NCCc1ccccc1)c1cc([N+](=O)[O-])cc([N+](=O)[O-])c1. The number of amides is 2. The molecular weight excluding hydrogens is 474 g/mol. The van der Waals surface area contributed by atoms with Crippen molar-refractivity contribution in [3.05, 3.63) is 110 Å². The van der Waals surface area contributed by atoms with Gasteiger partial charge in [0.15, 0.2) is 5.11 Å².